The van der Waals surface area contributed by atoms with E-state index in [4.69, 9.17) is 4.74 Å². The zero-order valence-electron chi connectivity index (χ0n) is 10.5. The fourth-order valence-corrected chi connectivity index (χ4v) is 2.22. The van der Waals surface area contributed by atoms with E-state index in [1.54, 1.807) is 0 Å². The normalized spacial score (nSPS) is 24.4. The molecule has 0 amide bonds. The summed E-state index contributed by atoms with van der Waals surface area (Å²) < 4.78 is 5.33. The fraction of sp³-hybridized carbons (Fsp3) is 0.917. The summed E-state index contributed by atoms with van der Waals surface area (Å²) in [6.45, 7) is 9.08. The van der Waals surface area contributed by atoms with E-state index in [0.29, 0.717) is 12.1 Å². The quantitative estimate of drug-likeness (QED) is 0.706. The maximum Gasteiger partial charge on any atom is 0.320 e. The number of nitrogens with one attached hydrogen (secondary N) is 1. The lowest BCUT2D eigenvalue weighted by Gasteiger charge is -2.33. The van der Waals surface area contributed by atoms with Crippen LogP contribution < -0.4 is 5.32 Å². The van der Waals surface area contributed by atoms with Crippen LogP contribution in [-0.2, 0) is 9.53 Å². The van der Waals surface area contributed by atoms with Gasteiger partial charge in [-0.2, -0.15) is 0 Å². The summed E-state index contributed by atoms with van der Waals surface area (Å²) in [5.74, 6) is -0.106. The molecule has 2 rings (SSSR count). The molecule has 1 spiro atoms. The first kappa shape index (κ1) is 11.9. The van der Waals surface area contributed by atoms with E-state index in [1.165, 1.54) is 12.8 Å². The van der Waals surface area contributed by atoms with Crippen LogP contribution in [-0.4, -0.2) is 48.2 Å². The molecule has 1 heterocycles. The van der Waals surface area contributed by atoms with Crippen LogP contribution in [0, 0.1) is 0 Å². The van der Waals surface area contributed by atoms with Gasteiger partial charge in [0.15, 0.2) is 0 Å². The van der Waals surface area contributed by atoms with E-state index in [-0.39, 0.29) is 11.6 Å². The highest BCUT2D eigenvalue weighted by Gasteiger charge is 2.45. The molecular formula is C12H22N2O2. The first-order valence-electron chi connectivity index (χ1n) is 6.08. The molecule has 0 aromatic carbocycles. The molecule has 1 saturated carbocycles. The maximum atomic E-state index is 11.7. The molecule has 1 aliphatic carbocycles. The number of nitrogens with zero attached hydrogens (tertiary/aromatic N) is 1. The number of hydrogen-bond donors (Lipinski definition) is 1. The second-order valence-electron chi connectivity index (χ2n) is 6.00. The van der Waals surface area contributed by atoms with Crippen molar-refractivity contribution in [1.29, 1.82) is 0 Å². The van der Waals surface area contributed by atoms with Gasteiger partial charge in [-0.05, 0) is 33.6 Å². The van der Waals surface area contributed by atoms with Crippen molar-refractivity contribution < 1.29 is 9.53 Å². The van der Waals surface area contributed by atoms with Crippen molar-refractivity contribution in [2.75, 3.05) is 26.2 Å². The Labute approximate surface area is 97.3 Å². The van der Waals surface area contributed by atoms with Gasteiger partial charge in [-0.1, -0.05) is 0 Å². The molecule has 4 nitrogen and oxygen atoms in total. The highest BCUT2D eigenvalue weighted by atomic mass is 16.6. The minimum atomic E-state index is -0.373. The fourth-order valence-electron chi connectivity index (χ4n) is 2.22. The smallest absolute Gasteiger partial charge is 0.320 e. The molecule has 1 N–H and O–H groups in total. The van der Waals surface area contributed by atoms with E-state index < -0.39 is 0 Å². The van der Waals surface area contributed by atoms with Crippen LogP contribution in [0.4, 0.5) is 0 Å². The standard InChI is InChI=1S/C12H22N2O2/c1-11(2,3)16-10(15)8-14-7-6-13-12(9-14)4-5-12/h13H,4-9H2,1-3H3. The van der Waals surface area contributed by atoms with Gasteiger partial charge < -0.3 is 10.1 Å². The van der Waals surface area contributed by atoms with Crippen molar-refractivity contribution in [2.45, 2.75) is 44.8 Å². The summed E-state index contributed by atoms with van der Waals surface area (Å²) in [5, 5.41) is 3.53. The SMILES string of the molecule is CC(C)(C)OC(=O)CN1CCNC2(CC2)C1. The predicted octanol–water partition coefficient (Wildman–Crippen LogP) is 0.766. The Hall–Kier alpha value is -0.610. The molecule has 0 unspecified atom stereocenters. The van der Waals surface area contributed by atoms with Gasteiger partial charge >= 0.3 is 5.97 Å². The average molecular weight is 226 g/mol. The molecule has 1 saturated heterocycles. The largest absolute Gasteiger partial charge is 0.459 e. The number of rotatable bonds is 2. The molecule has 0 atom stereocenters. The lowest BCUT2D eigenvalue weighted by molar-refractivity contribution is -0.156. The van der Waals surface area contributed by atoms with Crippen LogP contribution in [0.5, 0.6) is 0 Å². The molecule has 92 valence electrons. The van der Waals surface area contributed by atoms with E-state index >= 15 is 0 Å². The van der Waals surface area contributed by atoms with Gasteiger partial charge in [-0.3, -0.25) is 9.69 Å². The molecule has 0 bridgehead atoms. The van der Waals surface area contributed by atoms with Gasteiger partial charge in [-0.15, -0.1) is 0 Å². The maximum absolute atomic E-state index is 11.7. The lowest BCUT2D eigenvalue weighted by atomic mass is 10.2. The number of piperazine rings is 1. The van der Waals surface area contributed by atoms with Crippen molar-refractivity contribution in [1.82, 2.24) is 10.2 Å². The number of carbonyl (C=O) groups excluding carboxylic acids is 1. The number of ether oxygens (including phenoxy) is 1. The lowest BCUT2D eigenvalue weighted by Crippen LogP contribution is -2.53. The average Bonchev–Trinajstić information content (AvgIpc) is 2.81. The highest BCUT2D eigenvalue weighted by Crippen LogP contribution is 2.37. The molecule has 0 aromatic rings. The Kier molecular flexibility index (Phi) is 2.97. The van der Waals surface area contributed by atoms with Gasteiger partial charge in [0.1, 0.15) is 5.60 Å². The zero-order chi connectivity index (χ0) is 11.8. The highest BCUT2D eigenvalue weighted by molar-refractivity contribution is 5.72. The van der Waals surface area contributed by atoms with Crippen molar-refractivity contribution in [3.05, 3.63) is 0 Å². The second kappa shape index (κ2) is 4.00. The molecular weight excluding hydrogens is 204 g/mol. The number of esters is 1. The van der Waals surface area contributed by atoms with E-state index in [2.05, 4.69) is 10.2 Å². The molecule has 4 heteroatoms. The first-order valence-corrected chi connectivity index (χ1v) is 6.08. The minimum absolute atomic E-state index is 0.106. The Morgan fingerprint density at radius 1 is 1.44 bits per heavy atom. The molecule has 1 aliphatic heterocycles. The molecule has 0 radical (unpaired) electrons. The Bertz CT molecular complexity index is 279. The monoisotopic (exact) mass is 226 g/mol. The number of carbonyl (C=O) groups is 1. The summed E-state index contributed by atoms with van der Waals surface area (Å²) in [6, 6.07) is 0. The first-order chi connectivity index (χ1) is 7.39. The van der Waals surface area contributed by atoms with Crippen LogP contribution in [0.25, 0.3) is 0 Å². The van der Waals surface area contributed by atoms with Crippen molar-refractivity contribution >= 4 is 5.97 Å². The third-order valence-electron chi connectivity index (χ3n) is 3.08. The molecule has 0 aromatic heterocycles. The van der Waals surface area contributed by atoms with Crippen LogP contribution in [0.1, 0.15) is 33.6 Å². The molecule has 16 heavy (non-hydrogen) atoms. The van der Waals surface area contributed by atoms with E-state index in [9.17, 15) is 4.79 Å². The van der Waals surface area contributed by atoms with E-state index in [0.717, 1.165) is 19.6 Å². The Morgan fingerprint density at radius 3 is 2.69 bits per heavy atom. The van der Waals surface area contributed by atoms with Crippen LogP contribution in [0.3, 0.4) is 0 Å². The zero-order valence-corrected chi connectivity index (χ0v) is 10.5. The van der Waals surface area contributed by atoms with Crippen LogP contribution in [0.2, 0.25) is 0 Å². The van der Waals surface area contributed by atoms with Crippen molar-refractivity contribution in [3.8, 4) is 0 Å². The molecule has 2 fully saturated rings. The second-order valence-corrected chi connectivity index (χ2v) is 6.00. The van der Waals surface area contributed by atoms with Crippen molar-refractivity contribution in [2.24, 2.45) is 0 Å². The predicted molar refractivity (Wildman–Crippen MR) is 62.3 cm³/mol. The summed E-state index contributed by atoms with van der Waals surface area (Å²) in [7, 11) is 0. The third kappa shape index (κ3) is 3.19. The summed E-state index contributed by atoms with van der Waals surface area (Å²) in [5.41, 5.74) is -0.0390. The molecule has 2 aliphatic rings. The Morgan fingerprint density at radius 2 is 2.12 bits per heavy atom. The van der Waals surface area contributed by atoms with E-state index in [1.807, 2.05) is 20.8 Å². The Balaban J connectivity index is 1.78. The summed E-state index contributed by atoms with van der Waals surface area (Å²) in [4.78, 5) is 13.9. The van der Waals surface area contributed by atoms with Crippen LogP contribution in [0.15, 0.2) is 0 Å². The third-order valence-corrected chi connectivity index (χ3v) is 3.08. The summed E-state index contributed by atoms with van der Waals surface area (Å²) in [6.07, 6.45) is 2.50. The van der Waals surface area contributed by atoms with Gasteiger partial charge in [0.05, 0.1) is 6.54 Å². The topological polar surface area (TPSA) is 41.6 Å². The van der Waals surface area contributed by atoms with Gasteiger partial charge in [-0.25, -0.2) is 0 Å². The summed E-state index contributed by atoms with van der Waals surface area (Å²) >= 11 is 0. The van der Waals surface area contributed by atoms with Gasteiger partial charge in [0.25, 0.3) is 0 Å². The minimum Gasteiger partial charge on any atom is -0.459 e. The van der Waals surface area contributed by atoms with Gasteiger partial charge in [0.2, 0.25) is 0 Å². The van der Waals surface area contributed by atoms with Crippen LogP contribution >= 0.6 is 0 Å². The van der Waals surface area contributed by atoms with Crippen molar-refractivity contribution in [3.63, 3.8) is 0 Å². The number of hydrogen-bond acceptors (Lipinski definition) is 4. The van der Waals surface area contributed by atoms with Gasteiger partial charge in [0, 0.05) is 25.2 Å².